The van der Waals surface area contributed by atoms with Crippen LogP contribution in [0.25, 0.3) is 0 Å². The largest absolute Gasteiger partial charge is 0.319 e. The maximum atomic E-state index is 14.2. The minimum atomic E-state index is -0.243. The molecule has 0 saturated heterocycles. The van der Waals surface area contributed by atoms with E-state index in [1.165, 1.54) is 25.0 Å². The first kappa shape index (κ1) is 20.7. The number of nitrogens with one attached hydrogen (secondary N) is 2. The molecule has 4 rings (SSSR count). The van der Waals surface area contributed by atoms with E-state index in [1.807, 2.05) is 0 Å². The maximum absolute atomic E-state index is 14.2. The fourth-order valence-electron chi connectivity index (χ4n) is 3.06. The zero-order valence-electron chi connectivity index (χ0n) is 14.4. The quantitative estimate of drug-likeness (QED) is 0.779. The van der Waals surface area contributed by atoms with Crippen LogP contribution in [0.3, 0.4) is 0 Å². The highest BCUT2D eigenvalue weighted by atomic mass is 35.5. The second kappa shape index (κ2) is 8.37. The highest BCUT2D eigenvalue weighted by Crippen LogP contribution is 2.43. The van der Waals surface area contributed by atoms with Gasteiger partial charge in [-0.15, -0.1) is 24.8 Å². The Kier molecular flexibility index (Phi) is 6.66. The SMILES string of the molecule is Cl.Cl.Cn1cc(NC(=O)c2ccc(F)c(C3CC3NCC3CC3)c2)cn1. The molecular weight excluding hydrogens is 378 g/mol. The second-order valence-electron chi connectivity index (χ2n) is 6.89. The number of aromatic nitrogens is 2. The molecule has 0 spiro atoms. The predicted molar refractivity (Wildman–Crippen MR) is 104 cm³/mol. The smallest absolute Gasteiger partial charge is 0.255 e. The van der Waals surface area contributed by atoms with Crippen LogP contribution in [0, 0.1) is 11.7 Å². The Morgan fingerprint density at radius 1 is 1.35 bits per heavy atom. The van der Waals surface area contributed by atoms with Gasteiger partial charge in [0, 0.05) is 30.8 Å². The summed E-state index contributed by atoms with van der Waals surface area (Å²) in [6.07, 6.45) is 6.87. The van der Waals surface area contributed by atoms with Gasteiger partial charge in [0.15, 0.2) is 0 Å². The van der Waals surface area contributed by atoms with Crippen molar-refractivity contribution < 1.29 is 9.18 Å². The van der Waals surface area contributed by atoms with E-state index in [1.54, 1.807) is 30.2 Å². The number of hydrogen-bond acceptors (Lipinski definition) is 3. The molecule has 0 radical (unpaired) electrons. The fourth-order valence-corrected chi connectivity index (χ4v) is 3.06. The van der Waals surface area contributed by atoms with Gasteiger partial charge in [0.05, 0.1) is 11.9 Å². The van der Waals surface area contributed by atoms with E-state index in [0.29, 0.717) is 22.9 Å². The molecule has 5 nitrogen and oxygen atoms in total. The van der Waals surface area contributed by atoms with Gasteiger partial charge in [-0.2, -0.15) is 5.10 Å². The van der Waals surface area contributed by atoms with Crippen molar-refractivity contribution in [1.82, 2.24) is 15.1 Å². The van der Waals surface area contributed by atoms with E-state index in [0.717, 1.165) is 18.9 Å². The molecule has 2 saturated carbocycles. The second-order valence-corrected chi connectivity index (χ2v) is 6.89. The van der Waals surface area contributed by atoms with Crippen molar-refractivity contribution in [3.05, 3.63) is 47.5 Å². The van der Waals surface area contributed by atoms with Crippen molar-refractivity contribution in [3.63, 3.8) is 0 Å². The third-order valence-electron chi connectivity index (χ3n) is 4.78. The Hall–Kier alpha value is -1.63. The Morgan fingerprint density at radius 3 is 2.77 bits per heavy atom. The van der Waals surface area contributed by atoms with E-state index in [4.69, 9.17) is 0 Å². The van der Waals surface area contributed by atoms with Crippen LogP contribution in [0.5, 0.6) is 0 Å². The van der Waals surface area contributed by atoms with Crippen LogP contribution in [-0.4, -0.2) is 28.3 Å². The number of amides is 1. The van der Waals surface area contributed by atoms with Crippen LogP contribution in [0.15, 0.2) is 30.6 Å². The lowest BCUT2D eigenvalue weighted by Crippen LogP contribution is -2.20. The molecule has 0 aliphatic heterocycles. The lowest BCUT2D eigenvalue weighted by Gasteiger charge is -2.08. The van der Waals surface area contributed by atoms with E-state index < -0.39 is 0 Å². The summed E-state index contributed by atoms with van der Waals surface area (Å²) in [6, 6.07) is 4.95. The maximum Gasteiger partial charge on any atom is 0.255 e. The average Bonchev–Trinajstić information content (AvgIpc) is 3.46. The van der Waals surface area contributed by atoms with Gasteiger partial charge in [0.25, 0.3) is 5.91 Å². The summed E-state index contributed by atoms with van der Waals surface area (Å²) in [7, 11) is 1.79. The van der Waals surface area contributed by atoms with Gasteiger partial charge in [-0.3, -0.25) is 9.48 Å². The van der Waals surface area contributed by atoms with Crippen LogP contribution in [0.4, 0.5) is 10.1 Å². The summed E-state index contributed by atoms with van der Waals surface area (Å²) < 4.78 is 15.8. The van der Waals surface area contributed by atoms with Crippen LogP contribution in [-0.2, 0) is 7.05 Å². The number of rotatable bonds is 6. The van der Waals surface area contributed by atoms with Crippen molar-refractivity contribution in [2.75, 3.05) is 11.9 Å². The molecular formula is C18H23Cl2FN4O. The first-order chi connectivity index (χ1) is 11.6. The molecule has 1 amide bonds. The molecule has 8 heteroatoms. The number of nitrogens with zero attached hydrogens (tertiary/aromatic N) is 2. The van der Waals surface area contributed by atoms with Gasteiger partial charge in [-0.25, -0.2) is 4.39 Å². The fraction of sp³-hybridized carbons (Fsp3) is 0.444. The monoisotopic (exact) mass is 400 g/mol. The van der Waals surface area contributed by atoms with Crippen molar-refractivity contribution in [2.45, 2.75) is 31.2 Å². The molecule has 1 aromatic heterocycles. The summed E-state index contributed by atoms with van der Waals surface area (Å²) in [5.74, 6) is 0.517. The van der Waals surface area contributed by atoms with Crippen molar-refractivity contribution >= 4 is 36.4 Å². The molecule has 2 atom stereocenters. The predicted octanol–water partition coefficient (Wildman–Crippen LogP) is 3.51. The van der Waals surface area contributed by atoms with E-state index in [2.05, 4.69) is 15.7 Å². The summed E-state index contributed by atoms with van der Waals surface area (Å²) in [5, 5.41) is 10.3. The Balaban J connectivity index is 0.00000121. The molecule has 1 aromatic carbocycles. The summed E-state index contributed by atoms with van der Waals surface area (Å²) in [5.41, 5.74) is 1.74. The lowest BCUT2D eigenvalue weighted by molar-refractivity contribution is 0.102. The number of hydrogen-bond donors (Lipinski definition) is 2. The molecule has 2 aliphatic rings. The first-order valence-electron chi connectivity index (χ1n) is 8.43. The number of carbonyl (C=O) groups is 1. The van der Waals surface area contributed by atoms with Gasteiger partial charge >= 0.3 is 0 Å². The topological polar surface area (TPSA) is 59.0 Å². The lowest BCUT2D eigenvalue weighted by atomic mass is 10.1. The number of aryl methyl sites for hydroxylation is 1. The molecule has 2 N–H and O–H groups in total. The normalized spacial score (nSPS) is 20.7. The number of benzene rings is 1. The standard InChI is InChI=1S/C18H21FN4O.2ClH/c1-23-10-13(9-21-23)22-18(24)12-4-5-16(19)14(6-12)15-7-17(15)20-8-11-2-3-11;;/h4-6,9-11,15,17,20H,2-3,7-8H2,1H3,(H,22,24);2*1H. The zero-order valence-corrected chi connectivity index (χ0v) is 16.1. The van der Waals surface area contributed by atoms with Crippen molar-refractivity contribution in [3.8, 4) is 0 Å². The Bertz CT molecular complexity index is 778. The Labute approximate surface area is 164 Å². The average molecular weight is 401 g/mol. The molecule has 142 valence electrons. The molecule has 2 fully saturated rings. The molecule has 0 bridgehead atoms. The molecule has 1 heterocycles. The van der Waals surface area contributed by atoms with E-state index in [-0.39, 0.29) is 42.5 Å². The zero-order chi connectivity index (χ0) is 16.7. The van der Waals surface area contributed by atoms with Crippen LogP contribution >= 0.6 is 24.8 Å². The summed E-state index contributed by atoms with van der Waals surface area (Å²) in [6.45, 7) is 1.03. The van der Waals surface area contributed by atoms with Gasteiger partial charge < -0.3 is 10.6 Å². The molecule has 2 aliphatic carbocycles. The van der Waals surface area contributed by atoms with Gasteiger partial charge in [-0.1, -0.05) is 0 Å². The third kappa shape index (κ3) is 4.75. The summed E-state index contributed by atoms with van der Waals surface area (Å²) in [4.78, 5) is 12.3. The highest BCUT2D eigenvalue weighted by molar-refractivity contribution is 6.04. The molecule has 26 heavy (non-hydrogen) atoms. The minimum absolute atomic E-state index is 0. The number of anilines is 1. The van der Waals surface area contributed by atoms with Gasteiger partial charge in [-0.05, 0) is 55.5 Å². The van der Waals surface area contributed by atoms with Gasteiger partial charge in [0.1, 0.15) is 5.82 Å². The van der Waals surface area contributed by atoms with E-state index >= 15 is 0 Å². The van der Waals surface area contributed by atoms with Gasteiger partial charge in [0.2, 0.25) is 0 Å². The Morgan fingerprint density at radius 2 is 2.12 bits per heavy atom. The van der Waals surface area contributed by atoms with Crippen molar-refractivity contribution in [2.24, 2.45) is 13.0 Å². The van der Waals surface area contributed by atoms with Crippen molar-refractivity contribution in [1.29, 1.82) is 0 Å². The minimum Gasteiger partial charge on any atom is -0.319 e. The first-order valence-corrected chi connectivity index (χ1v) is 8.43. The van der Waals surface area contributed by atoms with E-state index in [9.17, 15) is 9.18 Å². The molecule has 2 unspecified atom stereocenters. The highest BCUT2D eigenvalue weighted by Gasteiger charge is 2.40. The summed E-state index contributed by atoms with van der Waals surface area (Å²) >= 11 is 0. The van der Waals surface area contributed by atoms with Crippen LogP contribution < -0.4 is 10.6 Å². The number of carbonyl (C=O) groups excluding carboxylic acids is 1. The molecule has 2 aromatic rings. The van der Waals surface area contributed by atoms with Crippen LogP contribution in [0.1, 0.15) is 41.1 Å². The van der Waals surface area contributed by atoms with Crippen LogP contribution in [0.2, 0.25) is 0 Å². The third-order valence-corrected chi connectivity index (χ3v) is 4.78. The number of halogens is 3.